The van der Waals surface area contributed by atoms with Crippen molar-refractivity contribution in [2.75, 3.05) is 13.7 Å². The monoisotopic (exact) mass is 328 g/mol. The summed E-state index contributed by atoms with van der Waals surface area (Å²) in [6.45, 7) is 4.82. The number of halogens is 1. The normalized spacial score (nSPS) is 21.4. The predicted octanol–water partition coefficient (Wildman–Crippen LogP) is 3.93. The Morgan fingerprint density at radius 1 is 1.37 bits per heavy atom. The van der Waals surface area contributed by atoms with Crippen LogP contribution < -0.4 is 9.47 Å². The van der Waals surface area contributed by atoms with Crippen molar-refractivity contribution in [2.45, 2.75) is 43.7 Å². The molecule has 1 aliphatic rings. The van der Waals surface area contributed by atoms with Crippen molar-refractivity contribution in [1.29, 1.82) is 0 Å². The van der Waals surface area contributed by atoms with E-state index in [4.69, 9.17) is 14.2 Å². The van der Waals surface area contributed by atoms with E-state index in [1.165, 1.54) is 5.56 Å². The number of ether oxygens (including phenoxy) is 3. The Bertz CT molecular complexity index is 431. The van der Waals surface area contributed by atoms with E-state index in [1.807, 2.05) is 18.2 Å². The van der Waals surface area contributed by atoms with Crippen molar-refractivity contribution in [1.82, 2.24) is 0 Å². The van der Waals surface area contributed by atoms with Gasteiger partial charge in [0.25, 0.3) is 0 Å². The lowest BCUT2D eigenvalue weighted by atomic mass is 10.1. The second-order valence-corrected chi connectivity index (χ2v) is 6.03. The highest BCUT2D eigenvalue weighted by molar-refractivity contribution is 9.08. The quantitative estimate of drug-likeness (QED) is 0.766. The van der Waals surface area contributed by atoms with Crippen LogP contribution in [0.5, 0.6) is 11.5 Å². The van der Waals surface area contributed by atoms with Crippen LogP contribution in [-0.4, -0.2) is 25.4 Å². The highest BCUT2D eigenvalue weighted by atomic mass is 79.9. The Kier molecular flexibility index (Phi) is 4.74. The average Bonchev–Trinajstić information content (AvgIpc) is 2.75. The predicted molar refractivity (Wildman–Crippen MR) is 79.3 cm³/mol. The molecule has 0 radical (unpaired) electrons. The van der Waals surface area contributed by atoms with Gasteiger partial charge >= 0.3 is 0 Å². The standard InChI is InChI=1S/C15H21BrO3/c1-15(2)7-6-12(19-15)10-18-13-5-4-11(9-16)8-14(13)17-3/h4-5,8,12H,6-7,9-10H2,1-3H3. The minimum atomic E-state index is -0.0159. The van der Waals surface area contributed by atoms with Crippen LogP contribution in [0, 0.1) is 0 Å². The number of benzene rings is 1. The molecule has 2 rings (SSSR count). The highest BCUT2D eigenvalue weighted by Crippen LogP contribution is 2.32. The summed E-state index contributed by atoms with van der Waals surface area (Å²) in [6, 6.07) is 5.98. The molecule has 0 aromatic heterocycles. The Hall–Kier alpha value is -0.740. The van der Waals surface area contributed by atoms with E-state index in [0.29, 0.717) is 6.61 Å². The van der Waals surface area contributed by atoms with Crippen LogP contribution in [0.4, 0.5) is 0 Å². The smallest absolute Gasteiger partial charge is 0.161 e. The van der Waals surface area contributed by atoms with Crippen molar-refractivity contribution >= 4 is 15.9 Å². The Morgan fingerprint density at radius 2 is 2.16 bits per heavy atom. The van der Waals surface area contributed by atoms with Crippen LogP contribution >= 0.6 is 15.9 Å². The first-order valence-electron chi connectivity index (χ1n) is 6.57. The lowest BCUT2D eigenvalue weighted by molar-refractivity contribution is -0.0329. The third kappa shape index (κ3) is 3.86. The molecule has 1 atom stereocenters. The van der Waals surface area contributed by atoms with E-state index in [-0.39, 0.29) is 11.7 Å². The molecule has 4 heteroatoms. The Labute approximate surface area is 123 Å². The summed E-state index contributed by atoms with van der Waals surface area (Å²) in [7, 11) is 1.66. The van der Waals surface area contributed by atoms with E-state index in [1.54, 1.807) is 7.11 Å². The summed E-state index contributed by atoms with van der Waals surface area (Å²) < 4.78 is 17.1. The SMILES string of the molecule is COc1cc(CBr)ccc1OCC1CCC(C)(C)O1. The van der Waals surface area contributed by atoms with Gasteiger partial charge in [-0.2, -0.15) is 0 Å². The highest BCUT2D eigenvalue weighted by Gasteiger charge is 2.32. The van der Waals surface area contributed by atoms with Crippen molar-refractivity contribution < 1.29 is 14.2 Å². The molecule has 1 heterocycles. The maximum absolute atomic E-state index is 5.92. The zero-order chi connectivity index (χ0) is 13.9. The zero-order valence-electron chi connectivity index (χ0n) is 11.7. The molecule has 0 spiro atoms. The van der Waals surface area contributed by atoms with Crippen LogP contribution in [0.1, 0.15) is 32.3 Å². The van der Waals surface area contributed by atoms with Gasteiger partial charge in [-0.1, -0.05) is 22.0 Å². The van der Waals surface area contributed by atoms with Gasteiger partial charge in [-0.05, 0) is 44.4 Å². The molecule has 0 bridgehead atoms. The van der Waals surface area contributed by atoms with Crippen molar-refractivity contribution in [2.24, 2.45) is 0 Å². The number of methoxy groups -OCH3 is 1. The van der Waals surface area contributed by atoms with Gasteiger partial charge in [0.2, 0.25) is 0 Å². The zero-order valence-corrected chi connectivity index (χ0v) is 13.3. The van der Waals surface area contributed by atoms with Gasteiger partial charge < -0.3 is 14.2 Å². The molecule has 1 aliphatic heterocycles. The van der Waals surface area contributed by atoms with Crippen molar-refractivity contribution in [3.63, 3.8) is 0 Å². The summed E-state index contributed by atoms with van der Waals surface area (Å²) in [5, 5.41) is 0.809. The van der Waals surface area contributed by atoms with Crippen LogP contribution in [0.25, 0.3) is 0 Å². The lowest BCUT2D eigenvalue weighted by Crippen LogP contribution is -2.24. The molecule has 1 aromatic rings. The summed E-state index contributed by atoms with van der Waals surface area (Å²) in [5.41, 5.74) is 1.15. The van der Waals surface area contributed by atoms with Crippen LogP contribution in [-0.2, 0) is 10.1 Å². The fourth-order valence-corrected chi connectivity index (χ4v) is 2.64. The molecule has 1 aromatic carbocycles. The van der Waals surface area contributed by atoms with Crippen LogP contribution in [0.15, 0.2) is 18.2 Å². The van der Waals surface area contributed by atoms with Crippen molar-refractivity contribution in [3.8, 4) is 11.5 Å². The summed E-state index contributed by atoms with van der Waals surface area (Å²) >= 11 is 3.43. The molecular weight excluding hydrogens is 308 g/mol. The topological polar surface area (TPSA) is 27.7 Å². The first kappa shape index (κ1) is 14.7. The third-order valence-electron chi connectivity index (χ3n) is 3.36. The first-order valence-corrected chi connectivity index (χ1v) is 7.70. The van der Waals surface area contributed by atoms with E-state index in [9.17, 15) is 0 Å². The van der Waals surface area contributed by atoms with Crippen LogP contribution in [0.3, 0.4) is 0 Å². The molecular formula is C15H21BrO3. The molecule has 0 saturated carbocycles. The van der Waals surface area contributed by atoms with Crippen LogP contribution in [0.2, 0.25) is 0 Å². The molecule has 0 aliphatic carbocycles. The second-order valence-electron chi connectivity index (χ2n) is 5.47. The van der Waals surface area contributed by atoms with Gasteiger partial charge in [-0.25, -0.2) is 0 Å². The van der Waals surface area contributed by atoms with E-state index in [2.05, 4.69) is 29.8 Å². The van der Waals surface area contributed by atoms with E-state index >= 15 is 0 Å². The van der Waals surface area contributed by atoms with Gasteiger partial charge in [0.05, 0.1) is 18.8 Å². The number of alkyl halides is 1. The fourth-order valence-electron chi connectivity index (χ4n) is 2.29. The number of hydrogen-bond acceptors (Lipinski definition) is 3. The Balaban J connectivity index is 1.96. The molecule has 3 nitrogen and oxygen atoms in total. The molecule has 0 amide bonds. The summed E-state index contributed by atoms with van der Waals surface area (Å²) in [5.74, 6) is 1.55. The van der Waals surface area contributed by atoms with Gasteiger partial charge in [0.1, 0.15) is 6.61 Å². The average molecular weight is 329 g/mol. The first-order chi connectivity index (χ1) is 9.04. The number of rotatable bonds is 5. The van der Waals surface area contributed by atoms with E-state index < -0.39 is 0 Å². The molecule has 0 N–H and O–H groups in total. The molecule has 1 fully saturated rings. The molecule has 19 heavy (non-hydrogen) atoms. The maximum atomic E-state index is 5.92. The van der Waals surface area contributed by atoms with Gasteiger partial charge in [-0.3, -0.25) is 0 Å². The Morgan fingerprint density at radius 3 is 2.74 bits per heavy atom. The minimum absolute atomic E-state index is 0.0159. The maximum Gasteiger partial charge on any atom is 0.161 e. The molecule has 1 unspecified atom stereocenters. The van der Waals surface area contributed by atoms with E-state index in [0.717, 1.165) is 29.7 Å². The fraction of sp³-hybridized carbons (Fsp3) is 0.600. The van der Waals surface area contributed by atoms with Crippen molar-refractivity contribution in [3.05, 3.63) is 23.8 Å². The number of hydrogen-bond donors (Lipinski definition) is 0. The van der Waals surface area contributed by atoms with Gasteiger partial charge in [0, 0.05) is 5.33 Å². The minimum Gasteiger partial charge on any atom is -0.493 e. The summed E-state index contributed by atoms with van der Waals surface area (Å²) in [4.78, 5) is 0. The summed E-state index contributed by atoms with van der Waals surface area (Å²) in [6.07, 6.45) is 2.31. The van der Waals surface area contributed by atoms with Gasteiger partial charge in [0.15, 0.2) is 11.5 Å². The third-order valence-corrected chi connectivity index (χ3v) is 4.01. The van der Waals surface area contributed by atoms with Gasteiger partial charge in [-0.15, -0.1) is 0 Å². The molecule has 1 saturated heterocycles. The molecule has 106 valence electrons. The largest absolute Gasteiger partial charge is 0.493 e. The second kappa shape index (κ2) is 6.14. The lowest BCUT2D eigenvalue weighted by Gasteiger charge is -2.20.